The number of guanidine groups is 1. The van der Waals surface area contributed by atoms with Gasteiger partial charge in [-0.05, 0) is 43.0 Å². The van der Waals surface area contributed by atoms with Gasteiger partial charge in [0.15, 0.2) is 5.96 Å². The van der Waals surface area contributed by atoms with E-state index in [-0.39, 0.29) is 35.8 Å². The van der Waals surface area contributed by atoms with Crippen LogP contribution in [-0.2, 0) is 4.74 Å². The Morgan fingerprint density at radius 3 is 2.59 bits per heavy atom. The fraction of sp³-hybridized carbons (Fsp3) is 0.632. The van der Waals surface area contributed by atoms with Crippen molar-refractivity contribution in [3.63, 3.8) is 0 Å². The molecule has 1 heterocycles. The molecule has 8 heteroatoms. The van der Waals surface area contributed by atoms with Crippen LogP contribution < -0.4 is 10.6 Å². The van der Waals surface area contributed by atoms with Crippen LogP contribution in [0, 0.1) is 5.82 Å². The standard InChI is InChI=1S/C19H31FN4OS.HI/c1-3-21-19(22-9-4-14-26-2)23-15-18(24-10-12-25-13-11-24)16-5-7-17(20)8-6-16;/h5-8,18H,3-4,9-15H2,1-2H3,(H2,21,22,23);1H. The van der Waals surface area contributed by atoms with E-state index in [4.69, 9.17) is 9.73 Å². The van der Waals surface area contributed by atoms with Crippen LogP contribution in [0.15, 0.2) is 29.3 Å². The SMILES string of the molecule is CCNC(=NCC(c1ccc(F)cc1)N1CCOCC1)NCCCSC.I. The highest BCUT2D eigenvalue weighted by Gasteiger charge is 2.22. The van der Waals surface area contributed by atoms with Crippen molar-refractivity contribution in [3.05, 3.63) is 35.6 Å². The lowest BCUT2D eigenvalue weighted by Crippen LogP contribution is -2.42. The minimum absolute atomic E-state index is 0. The number of hydrogen-bond acceptors (Lipinski definition) is 4. The first-order valence-electron chi connectivity index (χ1n) is 9.33. The van der Waals surface area contributed by atoms with Gasteiger partial charge >= 0.3 is 0 Å². The third-order valence-electron chi connectivity index (χ3n) is 4.33. The fourth-order valence-corrected chi connectivity index (χ4v) is 3.38. The summed E-state index contributed by atoms with van der Waals surface area (Å²) in [6.07, 6.45) is 3.23. The van der Waals surface area contributed by atoms with Gasteiger partial charge < -0.3 is 15.4 Å². The van der Waals surface area contributed by atoms with E-state index in [1.54, 1.807) is 0 Å². The van der Waals surface area contributed by atoms with E-state index in [0.717, 1.165) is 63.1 Å². The van der Waals surface area contributed by atoms with Crippen molar-refractivity contribution in [3.8, 4) is 0 Å². The Hall–Kier alpha value is -0.580. The lowest BCUT2D eigenvalue weighted by molar-refractivity contribution is 0.0179. The maximum Gasteiger partial charge on any atom is 0.191 e. The van der Waals surface area contributed by atoms with Crippen LogP contribution in [0.3, 0.4) is 0 Å². The highest BCUT2D eigenvalue weighted by Crippen LogP contribution is 2.22. The maximum absolute atomic E-state index is 13.3. The number of halogens is 2. The number of rotatable bonds is 9. The second-order valence-corrected chi connectivity index (χ2v) is 7.19. The van der Waals surface area contributed by atoms with E-state index in [0.29, 0.717) is 6.54 Å². The zero-order valence-corrected chi connectivity index (χ0v) is 19.4. The number of ether oxygens (including phenoxy) is 1. The van der Waals surface area contributed by atoms with E-state index in [9.17, 15) is 4.39 Å². The Morgan fingerprint density at radius 2 is 1.96 bits per heavy atom. The van der Waals surface area contributed by atoms with Crippen molar-refractivity contribution in [1.82, 2.24) is 15.5 Å². The number of thioether (sulfide) groups is 1. The van der Waals surface area contributed by atoms with Crippen molar-refractivity contribution in [1.29, 1.82) is 0 Å². The molecule has 0 amide bonds. The molecular formula is C19H32FIN4OS. The van der Waals surface area contributed by atoms with Crippen LogP contribution in [0.4, 0.5) is 4.39 Å². The van der Waals surface area contributed by atoms with Crippen molar-refractivity contribution in [2.24, 2.45) is 4.99 Å². The minimum atomic E-state index is -0.207. The van der Waals surface area contributed by atoms with Crippen molar-refractivity contribution in [2.75, 3.05) is 57.9 Å². The zero-order chi connectivity index (χ0) is 18.6. The number of benzene rings is 1. The molecule has 1 aliphatic heterocycles. The first-order chi connectivity index (χ1) is 12.7. The number of morpholine rings is 1. The van der Waals surface area contributed by atoms with Gasteiger partial charge in [-0.15, -0.1) is 24.0 Å². The molecule has 0 saturated carbocycles. The van der Waals surface area contributed by atoms with Gasteiger partial charge in [0.25, 0.3) is 0 Å². The Balaban J connectivity index is 0.00000364. The average molecular weight is 510 g/mol. The fourth-order valence-electron chi connectivity index (χ4n) is 2.95. The third-order valence-corrected chi connectivity index (χ3v) is 5.02. The molecule has 1 saturated heterocycles. The first-order valence-corrected chi connectivity index (χ1v) is 10.7. The Kier molecular flexibility index (Phi) is 13.1. The predicted octanol–water partition coefficient (Wildman–Crippen LogP) is 3.13. The van der Waals surface area contributed by atoms with Crippen LogP contribution in [0.2, 0.25) is 0 Å². The Bertz CT molecular complexity index is 541. The van der Waals surface area contributed by atoms with Crippen molar-refractivity contribution >= 4 is 41.7 Å². The summed E-state index contributed by atoms with van der Waals surface area (Å²) in [6.45, 7) is 7.63. The summed E-state index contributed by atoms with van der Waals surface area (Å²) in [4.78, 5) is 7.17. The van der Waals surface area contributed by atoms with Gasteiger partial charge in [0, 0.05) is 26.2 Å². The zero-order valence-electron chi connectivity index (χ0n) is 16.2. The Morgan fingerprint density at radius 1 is 1.26 bits per heavy atom. The number of aliphatic imine (C=N–C) groups is 1. The van der Waals surface area contributed by atoms with E-state index < -0.39 is 0 Å². The highest BCUT2D eigenvalue weighted by atomic mass is 127. The molecule has 2 rings (SSSR count). The van der Waals surface area contributed by atoms with E-state index in [2.05, 4.69) is 28.7 Å². The quantitative estimate of drug-likeness (QED) is 0.232. The van der Waals surface area contributed by atoms with Gasteiger partial charge in [-0.3, -0.25) is 9.89 Å². The molecule has 0 radical (unpaired) electrons. The van der Waals surface area contributed by atoms with Gasteiger partial charge in [-0.2, -0.15) is 11.8 Å². The maximum atomic E-state index is 13.3. The number of nitrogens with zero attached hydrogens (tertiary/aromatic N) is 2. The van der Waals surface area contributed by atoms with Crippen LogP contribution in [-0.4, -0.2) is 68.8 Å². The van der Waals surface area contributed by atoms with Gasteiger partial charge in [-0.1, -0.05) is 12.1 Å². The van der Waals surface area contributed by atoms with Gasteiger partial charge in [0.05, 0.1) is 25.8 Å². The third kappa shape index (κ3) is 8.97. The largest absolute Gasteiger partial charge is 0.379 e. The lowest BCUT2D eigenvalue weighted by atomic mass is 10.0. The molecule has 154 valence electrons. The predicted molar refractivity (Wildman–Crippen MR) is 124 cm³/mol. The monoisotopic (exact) mass is 510 g/mol. The van der Waals surface area contributed by atoms with Gasteiger partial charge in [-0.25, -0.2) is 4.39 Å². The molecule has 1 fully saturated rings. The van der Waals surface area contributed by atoms with Crippen LogP contribution in [0.25, 0.3) is 0 Å². The van der Waals surface area contributed by atoms with E-state index in [1.165, 1.54) is 12.1 Å². The molecule has 0 bridgehead atoms. The second kappa shape index (κ2) is 14.4. The summed E-state index contributed by atoms with van der Waals surface area (Å²) in [5.74, 6) is 1.77. The first kappa shape index (κ1) is 24.5. The number of nitrogens with one attached hydrogen (secondary N) is 2. The number of hydrogen-bond donors (Lipinski definition) is 2. The molecule has 0 aromatic heterocycles. The van der Waals surface area contributed by atoms with Crippen molar-refractivity contribution in [2.45, 2.75) is 19.4 Å². The normalized spacial score (nSPS) is 16.5. The minimum Gasteiger partial charge on any atom is -0.379 e. The van der Waals surface area contributed by atoms with Crippen LogP contribution in [0.1, 0.15) is 24.9 Å². The van der Waals surface area contributed by atoms with Crippen molar-refractivity contribution < 1.29 is 9.13 Å². The smallest absolute Gasteiger partial charge is 0.191 e. The lowest BCUT2D eigenvalue weighted by Gasteiger charge is -2.34. The summed E-state index contributed by atoms with van der Waals surface area (Å²) in [5.41, 5.74) is 1.09. The summed E-state index contributed by atoms with van der Waals surface area (Å²) >= 11 is 1.85. The summed E-state index contributed by atoms with van der Waals surface area (Å²) in [7, 11) is 0. The van der Waals surface area contributed by atoms with Crippen LogP contribution >= 0.6 is 35.7 Å². The Labute approximate surface area is 183 Å². The average Bonchev–Trinajstić information content (AvgIpc) is 2.67. The molecule has 0 aliphatic carbocycles. The molecule has 1 atom stereocenters. The highest BCUT2D eigenvalue weighted by molar-refractivity contribution is 14.0. The topological polar surface area (TPSA) is 48.9 Å². The molecule has 1 aromatic carbocycles. The molecular weight excluding hydrogens is 478 g/mol. The molecule has 5 nitrogen and oxygen atoms in total. The van der Waals surface area contributed by atoms with E-state index in [1.807, 2.05) is 23.9 Å². The second-order valence-electron chi connectivity index (χ2n) is 6.21. The molecule has 1 aromatic rings. The molecule has 2 N–H and O–H groups in total. The summed E-state index contributed by atoms with van der Waals surface area (Å²) < 4.78 is 18.8. The molecule has 1 aliphatic rings. The summed E-state index contributed by atoms with van der Waals surface area (Å²) in [6, 6.07) is 6.91. The molecule has 27 heavy (non-hydrogen) atoms. The molecule has 1 unspecified atom stereocenters. The molecule has 0 spiro atoms. The van der Waals surface area contributed by atoms with E-state index >= 15 is 0 Å². The van der Waals surface area contributed by atoms with Gasteiger partial charge in [0.2, 0.25) is 0 Å². The van der Waals surface area contributed by atoms with Crippen LogP contribution in [0.5, 0.6) is 0 Å². The summed E-state index contributed by atoms with van der Waals surface area (Å²) in [5, 5.41) is 6.70. The van der Waals surface area contributed by atoms with Gasteiger partial charge in [0.1, 0.15) is 5.82 Å².